The molecule has 0 saturated carbocycles. The lowest BCUT2D eigenvalue weighted by atomic mass is 10.1. The Balaban J connectivity index is 1.88. The van der Waals surface area contributed by atoms with Gasteiger partial charge in [-0.1, -0.05) is 6.07 Å². The molecule has 6 nitrogen and oxygen atoms in total. The molecule has 0 aromatic heterocycles. The third-order valence-electron chi connectivity index (χ3n) is 3.71. The van der Waals surface area contributed by atoms with Crippen LogP contribution in [0.25, 0.3) is 0 Å². The van der Waals surface area contributed by atoms with E-state index in [2.05, 4.69) is 0 Å². The van der Waals surface area contributed by atoms with Gasteiger partial charge >= 0.3 is 5.97 Å². The minimum Gasteiger partial charge on any atom is -0.486 e. The Kier molecular flexibility index (Phi) is 6.06. The Morgan fingerprint density at radius 2 is 1.71 bits per heavy atom. The molecule has 1 aliphatic rings. The van der Waals surface area contributed by atoms with E-state index in [0.29, 0.717) is 24.7 Å². The van der Waals surface area contributed by atoms with Crippen LogP contribution in [0.2, 0.25) is 0 Å². The van der Waals surface area contributed by atoms with Crippen LogP contribution in [0.4, 0.5) is 0 Å². The SMILES string of the molecule is CC(C)N(C(=O)COC(=O)Cc1ccc2c(c1)OCCO2)C(C)C. The highest BCUT2D eigenvalue weighted by molar-refractivity contribution is 5.81. The summed E-state index contributed by atoms with van der Waals surface area (Å²) in [6.07, 6.45) is 0.0906. The van der Waals surface area contributed by atoms with Crippen LogP contribution in [-0.4, -0.2) is 48.7 Å². The minimum atomic E-state index is -0.438. The molecule has 1 amide bonds. The predicted molar refractivity (Wildman–Crippen MR) is 89.2 cm³/mol. The molecule has 0 bridgehead atoms. The largest absolute Gasteiger partial charge is 0.486 e. The van der Waals surface area contributed by atoms with Crippen LogP contribution >= 0.6 is 0 Å². The average Bonchev–Trinajstić information content (AvgIpc) is 2.52. The van der Waals surface area contributed by atoms with Gasteiger partial charge in [-0.15, -0.1) is 0 Å². The van der Waals surface area contributed by atoms with E-state index < -0.39 is 5.97 Å². The molecule has 0 saturated heterocycles. The lowest BCUT2D eigenvalue weighted by Crippen LogP contribution is -2.44. The molecule has 0 fully saturated rings. The van der Waals surface area contributed by atoms with E-state index in [9.17, 15) is 9.59 Å². The maximum Gasteiger partial charge on any atom is 0.310 e. The van der Waals surface area contributed by atoms with Gasteiger partial charge in [0.2, 0.25) is 0 Å². The van der Waals surface area contributed by atoms with Crippen LogP contribution in [0.1, 0.15) is 33.3 Å². The van der Waals surface area contributed by atoms with Crippen LogP contribution in [0.3, 0.4) is 0 Å². The molecule has 1 aromatic carbocycles. The first-order chi connectivity index (χ1) is 11.4. The summed E-state index contributed by atoms with van der Waals surface area (Å²) in [6, 6.07) is 5.47. The first-order valence-corrected chi connectivity index (χ1v) is 8.23. The number of carbonyl (C=O) groups is 2. The molecule has 0 unspecified atom stereocenters. The first-order valence-electron chi connectivity index (χ1n) is 8.23. The van der Waals surface area contributed by atoms with Crippen molar-refractivity contribution in [2.45, 2.75) is 46.2 Å². The molecule has 1 heterocycles. The number of carbonyl (C=O) groups excluding carboxylic acids is 2. The standard InChI is InChI=1S/C18H25NO5/c1-12(2)19(13(3)4)17(20)11-24-18(21)10-14-5-6-15-16(9-14)23-8-7-22-15/h5-6,9,12-13H,7-8,10-11H2,1-4H3. The predicted octanol–water partition coefficient (Wildman–Crippen LogP) is 2.19. The quantitative estimate of drug-likeness (QED) is 0.746. The second-order valence-corrected chi connectivity index (χ2v) is 6.30. The maximum atomic E-state index is 12.2. The topological polar surface area (TPSA) is 65.1 Å². The van der Waals surface area contributed by atoms with Gasteiger partial charge in [0.15, 0.2) is 18.1 Å². The van der Waals surface area contributed by atoms with Crippen molar-refractivity contribution in [1.82, 2.24) is 4.90 Å². The van der Waals surface area contributed by atoms with Crippen molar-refractivity contribution < 1.29 is 23.8 Å². The van der Waals surface area contributed by atoms with E-state index in [-0.39, 0.29) is 31.0 Å². The van der Waals surface area contributed by atoms with Crippen LogP contribution < -0.4 is 9.47 Å². The molecule has 2 rings (SSSR count). The molecule has 0 aliphatic carbocycles. The molecule has 132 valence electrons. The molecule has 0 N–H and O–H groups in total. The molecule has 0 atom stereocenters. The molecular formula is C18H25NO5. The van der Waals surface area contributed by atoms with Gasteiger partial charge in [-0.2, -0.15) is 0 Å². The highest BCUT2D eigenvalue weighted by atomic mass is 16.6. The second-order valence-electron chi connectivity index (χ2n) is 6.30. The van der Waals surface area contributed by atoms with Gasteiger partial charge < -0.3 is 19.1 Å². The molecule has 0 spiro atoms. The van der Waals surface area contributed by atoms with Crippen LogP contribution in [0.15, 0.2) is 18.2 Å². The van der Waals surface area contributed by atoms with Crippen molar-refractivity contribution >= 4 is 11.9 Å². The second kappa shape index (κ2) is 8.04. The van der Waals surface area contributed by atoms with Crippen LogP contribution in [0, 0.1) is 0 Å². The molecule has 1 aliphatic heterocycles. The smallest absolute Gasteiger partial charge is 0.310 e. The van der Waals surface area contributed by atoms with Gasteiger partial charge in [-0.05, 0) is 45.4 Å². The fourth-order valence-corrected chi connectivity index (χ4v) is 2.80. The summed E-state index contributed by atoms with van der Waals surface area (Å²) in [5.74, 6) is 0.689. The number of hydrogen-bond donors (Lipinski definition) is 0. The number of hydrogen-bond acceptors (Lipinski definition) is 5. The number of nitrogens with zero attached hydrogens (tertiary/aromatic N) is 1. The minimum absolute atomic E-state index is 0.0639. The summed E-state index contributed by atoms with van der Waals surface area (Å²) in [6.45, 7) is 8.54. The summed E-state index contributed by atoms with van der Waals surface area (Å²) in [5.41, 5.74) is 0.765. The molecule has 0 radical (unpaired) electrons. The third kappa shape index (κ3) is 4.63. The van der Waals surface area contributed by atoms with Crippen LogP contribution in [0.5, 0.6) is 11.5 Å². The van der Waals surface area contributed by atoms with E-state index in [1.807, 2.05) is 27.7 Å². The van der Waals surface area contributed by atoms with Gasteiger partial charge in [0, 0.05) is 12.1 Å². The zero-order valence-corrected chi connectivity index (χ0v) is 14.7. The van der Waals surface area contributed by atoms with Crippen molar-refractivity contribution in [2.75, 3.05) is 19.8 Å². The number of benzene rings is 1. The lowest BCUT2D eigenvalue weighted by molar-refractivity contribution is -0.153. The van der Waals surface area contributed by atoms with E-state index in [4.69, 9.17) is 14.2 Å². The summed E-state index contributed by atoms with van der Waals surface area (Å²) < 4.78 is 16.1. The van der Waals surface area contributed by atoms with Crippen molar-refractivity contribution in [3.63, 3.8) is 0 Å². The molecule has 6 heteroatoms. The number of rotatable bonds is 6. The van der Waals surface area contributed by atoms with Gasteiger partial charge in [0.05, 0.1) is 6.42 Å². The highest BCUT2D eigenvalue weighted by Crippen LogP contribution is 2.30. The first kappa shape index (κ1) is 18.1. The summed E-state index contributed by atoms with van der Waals surface area (Å²) >= 11 is 0. The highest BCUT2D eigenvalue weighted by Gasteiger charge is 2.21. The zero-order valence-electron chi connectivity index (χ0n) is 14.7. The van der Waals surface area contributed by atoms with Gasteiger partial charge in [-0.25, -0.2) is 0 Å². The molecular weight excluding hydrogens is 310 g/mol. The number of ether oxygens (including phenoxy) is 3. The van der Waals surface area contributed by atoms with Crippen molar-refractivity contribution in [3.05, 3.63) is 23.8 Å². The van der Waals surface area contributed by atoms with Crippen molar-refractivity contribution in [3.8, 4) is 11.5 Å². The Morgan fingerprint density at radius 3 is 2.33 bits per heavy atom. The third-order valence-corrected chi connectivity index (χ3v) is 3.71. The lowest BCUT2D eigenvalue weighted by Gasteiger charge is -2.30. The van der Waals surface area contributed by atoms with E-state index in [1.54, 1.807) is 23.1 Å². The molecule has 1 aromatic rings. The van der Waals surface area contributed by atoms with Crippen molar-refractivity contribution in [2.24, 2.45) is 0 Å². The van der Waals surface area contributed by atoms with Gasteiger partial charge in [-0.3, -0.25) is 9.59 Å². The van der Waals surface area contributed by atoms with Gasteiger partial charge in [0.25, 0.3) is 5.91 Å². The summed E-state index contributed by atoms with van der Waals surface area (Å²) in [4.78, 5) is 25.9. The van der Waals surface area contributed by atoms with Crippen LogP contribution in [-0.2, 0) is 20.7 Å². The fraction of sp³-hybridized carbons (Fsp3) is 0.556. The Labute approximate surface area is 142 Å². The Hall–Kier alpha value is -2.24. The summed E-state index contributed by atoms with van der Waals surface area (Å²) in [5, 5.41) is 0. The van der Waals surface area contributed by atoms with E-state index >= 15 is 0 Å². The monoisotopic (exact) mass is 335 g/mol. The van der Waals surface area contributed by atoms with Crippen molar-refractivity contribution in [1.29, 1.82) is 0 Å². The van der Waals surface area contributed by atoms with Gasteiger partial charge in [0.1, 0.15) is 13.2 Å². The summed E-state index contributed by atoms with van der Waals surface area (Å²) in [7, 11) is 0. The average molecular weight is 335 g/mol. The normalized spacial score (nSPS) is 13.1. The zero-order chi connectivity index (χ0) is 17.7. The number of esters is 1. The Bertz CT molecular complexity index is 589. The molecule has 24 heavy (non-hydrogen) atoms. The maximum absolute atomic E-state index is 12.2. The number of amides is 1. The number of fused-ring (bicyclic) bond motifs is 1. The van der Waals surface area contributed by atoms with E-state index in [0.717, 1.165) is 5.56 Å². The Morgan fingerprint density at radius 1 is 1.08 bits per heavy atom. The van der Waals surface area contributed by atoms with E-state index in [1.165, 1.54) is 0 Å². The fourth-order valence-electron chi connectivity index (χ4n) is 2.80.